The first-order valence-corrected chi connectivity index (χ1v) is 20.2. The number of furan rings is 2. The maximum Gasteiger partial charge on any atom is 0.181 e. The second kappa shape index (κ2) is 33.2. The van der Waals surface area contributed by atoms with E-state index in [9.17, 15) is 17.6 Å². The molecule has 11 heteroatoms. The first-order chi connectivity index (χ1) is 30.6. The largest absolute Gasteiger partial charge is 0.497 e. The standard InChI is InChI=1S/C8H10O2.C8H6O.C8H10.C7H4F4.C7H5NO.C6H6.C4H4O.C4H4S.2CH4/c1-9-7-3-5-8(10-2)6-4-7;1-2-4-8-7(3-1)5-6-9-8;1-7-3-5-8(2)6-4-7;1-3-6(10)4(8)2-5(9)7(3)11;1-2-4-7-6(3-1)8-5-9-7;1-2-4-6-5-3-1;2*1-2-4-5-3-1;;/h3-6H,1-2H3;1-6H;3-6H,1-2H3;2H,1H3;1-5H;1-6H;2*1-4H;2*1H4. The van der Waals surface area contributed by atoms with Crippen LogP contribution in [0.15, 0.2) is 219 Å². The van der Waals surface area contributed by atoms with E-state index in [2.05, 4.69) is 47.5 Å². The van der Waals surface area contributed by atoms with Gasteiger partial charge in [-0.05, 0) is 92.2 Å². The van der Waals surface area contributed by atoms with E-state index < -0.39 is 28.8 Å². The first kappa shape index (κ1) is 55.6. The molecule has 0 fully saturated rings. The van der Waals surface area contributed by atoms with Gasteiger partial charge in [-0.1, -0.05) is 129 Å². The number of benzene rings is 6. The third-order valence-electron chi connectivity index (χ3n) is 7.96. The van der Waals surface area contributed by atoms with Gasteiger partial charge in [0.25, 0.3) is 0 Å². The molecule has 342 valence electrons. The Balaban J connectivity index is 0.000000374. The van der Waals surface area contributed by atoms with Crippen molar-refractivity contribution in [2.24, 2.45) is 0 Å². The highest BCUT2D eigenvalue weighted by Gasteiger charge is 2.14. The van der Waals surface area contributed by atoms with Crippen LogP contribution in [0.4, 0.5) is 17.6 Å². The van der Waals surface area contributed by atoms with E-state index in [1.807, 2.05) is 150 Å². The summed E-state index contributed by atoms with van der Waals surface area (Å²) >= 11 is 1.71. The summed E-state index contributed by atoms with van der Waals surface area (Å²) in [7, 11) is 3.28. The molecule has 4 aromatic heterocycles. The Hall–Kier alpha value is -7.37. The van der Waals surface area contributed by atoms with E-state index in [1.54, 1.807) is 44.3 Å². The van der Waals surface area contributed by atoms with Crippen molar-refractivity contribution in [1.82, 2.24) is 4.98 Å². The number of nitrogens with zero attached hydrogens (tertiary/aromatic N) is 1. The van der Waals surface area contributed by atoms with Gasteiger partial charge in [-0.15, -0.1) is 0 Å². The van der Waals surface area contributed by atoms with E-state index in [0.717, 1.165) is 40.5 Å². The van der Waals surface area contributed by atoms with E-state index in [4.69, 9.17) is 18.3 Å². The summed E-state index contributed by atoms with van der Waals surface area (Å²) in [5.74, 6) is -3.74. The van der Waals surface area contributed by atoms with Gasteiger partial charge in [0.2, 0.25) is 0 Å². The molecule has 0 aliphatic heterocycles. The lowest BCUT2D eigenvalue weighted by Gasteiger charge is -2.00. The van der Waals surface area contributed by atoms with E-state index >= 15 is 0 Å². The van der Waals surface area contributed by atoms with Crippen LogP contribution in [0, 0.1) is 44.0 Å². The highest BCUT2D eigenvalue weighted by atomic mass is 32.1. The molecular formula is C54H57F4NO5S. The molecule has 0 saturated carbocycles. The highest BCUT2D eigenvalue weighted by Crippen LogP contribution is 2.18. The Labute approximate surface area is 384 Å². The number of aryl methyl sites for hydroxylation is 2. The van der Waals surface area contributed by atoms with Gasteiger partial charge in [-0.3, -0.25) is 0 Å². The van der Waals surface area contributed by atoms with E-state index in [1.165, 1.54) is 17.5 Å². The van der Waals surface area contributed by atoms with Gasteiger partial charge in [-0.25, -0.2) is 22.5 Å². The highest BCUT2D eigenvalue weighted by molar-refractivity contribution is 7.07. The lowest BCUT2D eigenvalue weighted by Crippen LogP contribution is -1.97. The number of fused-ring (bicyclic) bond motifs is 2. The number of hydrogen-bond acceptors (Lipinski definition) is 7. The van der Waals surface area contributed by atoms with Crippen LogP contribution >= 0.6 is 11.3 Å². The zero-order valence-electron chi connectivity index (χ0n) is 35.5. The first-order valence-electron chi connectivity index (χ1n) is 19.3. The third kappa shape index (κ3) is 22.5. The summed E-state index contributed by atoms with van der Waals surface area (Å²) in [5, 5.41) is 5.25. The predicted molar refractivity (Wildman–Crippen MR) is 260 cm³/mol. The smallest absolute Gasteiger partial charge is 0.181 e. The van der Waals surface area contributed by atoms with Crippen molar-refractivity contribution >= 4 is 33.4 Å². The fourth-order valence-corrected chi connectivity index (χ4v) is 5.04. The van der Waals surface area contributed by atoms with Crippen LogP contribution in [0.25, 0.3) is 22.1 Å². The molecule has 6 aromatic carbocycles. The Morgan fingerprint density at radius 1 is 0.477 bits per heavy atom. The molecule has 4 heterocycles. The van der Waals surface area contributed by atoms with Crippen LogP contribution in [0.2, 0.25) is 0 Å². The summed E-state index contributed by atoms with van der Waals surface area (Å²) in [5.41, 5.74) is 4.74. The zero-order chi connectivity index (χ0) is 45.5. The van der Waals surface area contributed by atoms with Gasteiger partial charge in [0.05, 0.1) is 33.0 Å². The molecule has 0 N–H and O–H groups in total. The number of hydrogen-bond donors (Lipinski definition) is 0. The second-order valence-electron chi connectivity index (χ2n) is 12.6. The number of para-hydroxylation sites is 3. The van der Waals surface area contributed by atoms with Crippen molar-refractivity contribution in [3.8, 4) is 11.5 Å². The Morgan fingerprint density at radius 2 is 0.938 bits per heavy atom. The van der Waals surface area contributed by atoms with Crippen LogP contribution < -0.4 is 9.47 Å². The molecule has 6 nitrogen and oxygen atoms in total. The quantitative estimate of drug-likeness (QED) is 0.127. The van der Waals surface area contributed by atoms with E-state index in [-0.39, 0.29) is 20.9 Å². The lowest BCUT2D eigenvalue weighted by molar-refractivity contribution is 0.403. The molecule has 10 aromatic rings. The predicted octanol–water partition coefficient (Wildman–Crippen LogP) is 16.8. The van der Waals surface area contributed by atoms with Crippen LogP contribution in [0.3, 0.4) is 0 Å². The molecule has 0 spiro atoms. The Morgan fingerprint density at radius 3 is 1.34 bits per heavy atom. The summed E-state index contributed by atoms with van der Waals surface area (Å²) < 4.78 is 73.9. The average Bonchev–Trinajstić information content (AvgIpc) is 4.20. The maximum atomic E-state index is 12.4. The minimum atomic E-state index is -1.37. The molecular weight excluding hydrogens is 851 g/mol. The molecule has 0 saturated heterocycles. The number of oxazole rings is 1. The van der Waals surface area contributed by atoms with Gasteiger partial charge in [-0.2, -0.15) is 11.3 Å². The van der Waals surface area contributed by atoms with Crippen molar-refractivity contribution in [3.63, 3.8) is 0 Å². The molecule has 65 heavy (non-hydrogen) atoms. The molecule has 0 aliphatic rings. The fraction of sp³-hybridized carbons (Fsp3) is 0.130. The summed E-state index contributed by atoms with van der Waals surface area (Å²) in [4.78, 5) is 3.95. The Bertz CT molecular complexity index is 2330. The second-order valence-corrected chi connectivity index (χ2v) is 13.5. The minimum absolute atomic E-state index is 0. The molecule has 10 rings (SSSR count). The van der Waals surface area contributed by atoms with Gasteiger partial charge in [0, 0.05) is 17.0 Å². The number of ether oxygens (including phenoxy) is 2. The maximum absolute atomic E-state index is 12.4. The molecule has 0 atom stereocenters. The SMILES string of the molecule is C.C.COc1ccc(OC)cc1.Cc1c(F)c(F)cc(F)c1F.Cc1ccc(C)cc1.c1ccc2occc2c1.c1ccc2ocnc2c1.c1ccccc1.c1ccoc1.c1ccsc1. The average molecular weight is 908 g/mol. The zero-order valence-corrected chi connectivity index (χ0v) is 36.4. The molecule has 0 amide bonds. The van der Waals surface area contributed by atoms with Gasteiger partial charge < -0.3 is 22.7 Å². The Kier molecular flexibility index (Phi) is 28.4. The van der Waals surface area contributed by atoms with Gasteiger partial charge >= 0.3 is 0 Å². The third-order valence-corrected chi connectivity index (χ3v) is 8.59. The van der Waals surface area contributed by atoms with Crippen molar-refractivity contribution < 1.29 is 40.3 Å². The fourth-order valence-electron chi connectivity index (χ4n) is 4.59. The molecule has 0 radical (unpaired) electrons. The normalized spacial score (nSPS) is 9.06. The monoisotopic (exact) mass is 907 g/mol. The number of halogens is 4. The van der Waals surface area contributed by atoms with Crippen molar-refractivity contribution in [1.29, 1.82) is 0 Å². The van der Waals surface area contributed by atoms with Crippen LogP contribution in [-0.2, 0) is 0 Å². The number of thiophene rings is 1. The number of aromatic nitrogens is 1. The van der Waals surface area contributed by atoms with E-state index in [0.29, 0.717) is 0 Å². The van der Waals surface area contributed by atoms with Crippen molar-refractivity contribution in [2.45, 2.75) is 35.6 Å². The van der Waals surface area contributed by atoms with Crippen LogP contribution in [0.1, 0.15) is 31.5 Å². The summed E-state index contributed by atoms with van der Waals surface area (Å²) in [6.45, 7) is 5.16. The van der Waals surface area contributed by atoms with Crippen LogP contribution in [0.5, 0.6) is 11.5 Å². The van der Waals surface area contributed by atoms with Crippen molar-refractivity contribution in [3.05, 3.63) is 246 Å². The number of methoxy groups -OCH3 is 2. The number of rotatable bonds is 2. The summed E-state index contributed by atoms with van der Waals surface area (Å²) in [6.07, 6.45) is 6.40. The molecule has 0 aliphatic carbocycles. The minimum Gasteiger partial charge on any atom is -0.497 e. The van der Waals surface area contributed by atoms with Gasteiger partial charge in [0.1, 0.15) is 22.6 Å². The molecule has 0 unspecified atom stereocenters. The van der Waals surface area contributed by atoms with Crippen LogP contribution in [-0.4, -0.2) is 19.2 Å². The van der Waals surface area contributed by atoms with Gasteiger partial charge in [0.15, 0.2) is 35.2 Å². The topological polar surface area (TPSA) is 70.8 Å². The lowest BCUT2D eigenvalue weighted by atomic mass is 10.2. The molecule has 0 bridgehead atoms. The van der Waals surface area contributed by atoms with Crippen molar-refractivity contribution in [2.75, 3.05) is 14.2 Å². The summed E-state index contributed by atoms with van der Waals surface area (Å²) in [6, 6.07) is 53.4.